The molecule has 0 N–H and O–H groups in total. The minimum Gasteiger partial charge on any atom is -0.335 e. The van der Waals surface area contributed by atoms with E-state index < -0.39 is 0 Å². The predicted octanol–water partition coefficient (Wildman–Crippen LogP) is 2.57. The molecular formula is C14H19N3OS. The van der Waals surface area contributed by atoms with E-state index in [9.17, 15) is 4.79 Å². The van der Waals surface area contributed by atoms with Gasteiger partial charge < -0.3 is 9.47 Å². The van der Waals surface area contributed by atoms with Crippen LogP contribution in [0.5, 0.6) is 0 Å². The van der Waals surface area contributed by atoms with Gasteiger partial charge in [0.2, 0.25) is 0 Å². The van der Waals surface area contributed by atoms with Gasteiger partial charge in [-0.05, 0) is 42.7 Å². The monoisotopic (exact) mass is 277 g/mol. The van der Waals surface area contributed by atoms with E-state index in [4.69, 9.17) is 0 Å². The van der Waals surface area contributed by atoms with E-state index in [0.29, 0.717) is 12.2 Å². The van der Waals surface area contributed by atoms with E-state index in [0.717, 1.165) is 6.42 Å². The van der Waals surface area contributed by atoms with Crippen LogP contribution in [0.2, 0.25) is 0 Å². The number of nitrogens with zero attached hydrogens (tertiary/aromatic N) is 3. The Morgan fingerprint density at radius 1 is 1.58 bits per heavy atom. The van der Waals surface area contributed by atoms with Gasteiger partial charge in [-0.3, -0.25) is 4.79 Å². The highest BCUT2D eigenvalue weighted by atomic mass is 32.1. The Bertz CT molecular complexity index is 533. The third-order valence-corrected chi connectivity index (χ3v) is 4.01. The molecule has 1 amide bonds. The summed E-state index contributed by atoms with van der Waals surface area (Å²) in [6.45, 7) is 4.81. The third kappa shape index (κ3) is 3.04. The maximum atomic E-state index is 12.5. The highest BCUT2D eigenvalue weighted by Crippen LogP contribution is 2.14. The first kappa shape index (κ1) is 13.8. The van der Waals surface area contributed by atoms with E-state index in [1.165, 1.54) is 5.56 Å². The van der Waals surface area contributed by atoms with Gasteiger partial charge in [0.05, 0.1) is 12.5 Å². The maximum absolute atomic E-state index is 12.5. The van der Waals surface area contributed by atoms with Crippen LogP contribution >= 0.6 is 11.3 Å². The molecule has 0 bridgehead atoms. The van der Waals surface area contributed by atoms with Gasteiger partial charge in [-0.15, -0.1) is 0 Å². The molecule has 4 nitrogen and oxygen atoms in total. The zero-order valence-electron chi connectivity index (χ0n) is 11.5. The first-order chi connectivity index (χ1) is 9.13. The molecule has 0 fully saturated rings. The molecule has 2 aromatic heterocycles. The van der Waals surface area contributed by atoms with Crippen LogP contribution in [0.25, 0.3) is 0 Å². The Hall–Kier alpha value is -1.62. The lowest BCUT2D eigenvalue weighted by Gasteiger charge is -2.28. The lowest BCUT2D eigenvalue weighted by atomic mass is 10.1. The van der Waals surface area contributed by atoms with Crippen LogP contribution in [0.4, 0.5) is 0 Å². The Morgan fingerprint density at radius 3 is 2.89 bits per heavy atom. The molecule has 0 saturated carbocycles. The number of carbonyl (C=O) groups excluding carboxylic acids is 1. The molecule has 1 atom stereocenters. The summed E-state index contributed by atoms with van der Waals surface area (Å²) in [5, 5.41) is 4.21. The minimum atomic E-state index is 0.0465. The van der Waals surface area contributed by atoms with Crippen molar-refractivity contribution in [2.75, 3.05) is 6.54 Å². The first-order valence-corrected chi connectivity index (χ1v) is 7.36. The fraction of sp³-hybridized carbons (Fsp3) is 0.429. The molecule has 5 heteroatoms. The van der Waals surface area contributed by atoms with Gasteiger partial charge in [0.1, 0.15) is 5.69 Å². The zero-order chi connectivity index (χ0) is 13.8. The third-order valence-electron chi connectivity index (χ3n) is 3.28. The summed E-state index contributed by atoms with van der Waals surface area (Å²) in [4.78, 5) is 18.4. The summed E-state index contributed by atoms with van der Waals surface area (Å²) < 4.78 is 1.77. The van der Waals surface area contributed by atoms with Crippen molar-refractivity contribution in [1.29, 1.82) is 0 Å². The average Bonchev–Trinajstić information content (AvgIpc) is 3.01. The molecule has 0 aliphatic rings. The minimum absolute atomic E-state index is 0.0465. The summed E-state index contributed by atoms with van der Waals surface area (Å²) >= 11 is 1.69. The molecule has 2 rings (SSSR count). The van der Waals surface area contributed by atoms with Crippen molar-refractivity contribution in [3.63, 3.8) is 0 Å². The van der Waals surface area contributed by atoms with Crippen molar-refractivity contribution < 1.29 is 4.79 Å². The number of amides is 1. The number of aromatic nitrogens is 2. The number of rotatable bonds is 5. The van der Waals surface area contributed by atoms with E-state index in [-0.39, 0.29) is 11.9 Å². The summed E-state index contributed by atoms with van der Waals surface area (Å²) in [6.07, 6.45) is 4.17. The molecule has 2 aromatic rings. The fourth-order valence-corrected chi connectivity index (χ4v) is 2.91. The number of hydrogen-bond acceptors (Lipinski definition) is 3. The summed E-state index contributed by atoms with van der Waals surface area (Å²) in [5.41, 5.74) is 1.92. The summed E-state index contributed by atoms with van der Waals surface area (Å²) in [7, 11) is 1.84. The zero-order valence-corrected chi connectivity index (χ0v) is 12.4. The maximum Gasteiger partial charge on any atom is 0.272 e. The largest absolute Gasteiger partial charge is 0.335 e. The van der Waals surface area contributed by atoms with Crippen LogP contribution in [0, 0.1) is 0 Å². The van der Waals surface area contributed by atoms with Crippen LogP contribution in [-0.4, -0.2) is 32.9 Å². The lowest BCUT2D eigenvalue weighted by Crippen LogP contribution is -2.40. The summed E-state index contributed by atoms with van der Waals surface area (Å²) in [5.74, 6) is 0.0465. The Kier molecular flexibility index (Phi) is 4.37. The van der Waals surface area contributed by atoms with Gasteiger partial charge in [-0.2, -0.15) is 11.3 Å². The topological polar surface area (TPSA) is 38.1 Å². The van der Waals surface area contributed by atoms with Gasteiger partial charge in [0, 0.05) is 19.6 Å². The number of hydrogen-bond donors (Lipinski definition) is 0. The molecule has 0 aromatic carbocycles. The first-order valence-electron chi connectivity index (χ1n) is 6.41. The molecular weight excluding hydrogens is 258 g/mol. The molecule has 102 valence electrons. The normalized spacial score (nSPS) is 12.4. The van der Waals surface area contributed by atoms with Crippen molar-refractivity contribution in [3.05, 3.63) is 40.6 Å². The second-order valence-corrected chi connectivity index (χ2v) is 5.45. The molecule has 0 radical (unpaired) electrons. The highest BCUT2D eigenvalue weighted by molar-refractivity contribution is 7.07. The molecule has 19 heavy (non-hydrogen) atoms. The quantitative estimate of drug-likeness (QED) is 0.842. The van der Waals surface area contributed by atoms with Crippen LogP contribution in [0.15, 0.2) is 29.4 Å². The molecule has 0 aliphatic carbocycles. The number of imidazole rings is 1. The number of thiophene rings is 1. The van der Waals surface area contributed by atoms with Gasteiger partial charge in [-0.25, -0.2) is 4.98 Å². The van der Waals surface area contributed by atoms with Gasteiger partial charge in [0.25, 0.3) is 5.91 Å². The van der Waals surface area contributed by atoms with E-state index in [1.54, 1.807) is 28.4 Å². The molecule has 0 spiro atoms. The number of likely N-dealkylation sites (N-methyl/N-ethyl adjacent to an activating group) is 1. The molecule has 1 unspecified atom stereocenters. The molecule has 0 aliphatic heterocycles. The number of aryl methyl sites for hydroxylation is 1. The standard InChI is InChI=1S/C14H19N3OS/c1-4-17(11(2)7-12-5-6-19-9-12)14(18)13-8-15-10-16(13)3/h5-6,8-11H,4,7H2,1-3H3. The van der Waals surface area contributed by atoms with E-state index >= 15 is 0 Å². The Balaban J connectivity index is 2.11. The Morgan fingerprint density at radius 2 is 2.37 bits per heavy atom. The van der Waals surface area contributed by atoms with Crippen LogP contribution in [-0.2, 0) is 13.5 Å². The molecule has 0 saturated heterocycles. The van der Waals surface area contributed by atoms with Crippen molar-refractivity contribution in [2.45, 2.75) is 26.3 Å². The van der Waals surface area contributed by atoms with Gasteiger partial charge in [0.15, 0.2) is 0 Å². The van der Waals surface area contributed by atoms with E-state index in [2.05, 4.69) is 28.7 Å². The van der Waals surface area contributed by atoms with Crippen LogP contribution < -0.4 is 0 Å². The predicted molar refractivity (Wildman–Crippen MR) is 77.4 cm³/mol. The molecule has 2 heterocycles. The van der Waals surface area contributed by atoms with Crippen molar-refractivity contribution >= 4 is 17.2 Å². The number of carbonyl (C=O) groups is 1. The summed E-state index contributed by atoms with van der Waals surface area (Å²) in [6, 6.07) is 2.30. The smallest absolute Gasteiger partial charge is 0.272 e. The Labute approximate surface area is 117 Å². The van der Waals surface area contributed by atoms with Crippen LogP contribution in [0.1, 0.15) is 29.9 Å². The second-order valence-electron chi connectivity index (χ2n) is 4.67. The average molecular weight is 277 g/mol. The van der Waals surface area contributed by atoms with Gasteiger partial charge in [-0.1, -0.05) is 0 Å². The van der Waals surface area contributed by atoms with Crippen molar-refractivity contribution in [1.82, 2.24) is 14.5 Å². The van der Waals surface area contributed by atoms with Crippen LogP contribution in [0.3, 0.4) is 0 Å². The fourth-order valence-electron chi connectivity index (χ4n) is 2.23. The second kappa shape index (κ2) is 6.02. The van der Waals surface area contributed by atoms with Crippen molar-refractivity contribution in [3.8, 4) is 0 Å². The van der Waals surface area contributed by atoms with E-state index in [1.807, 2.05) is 18.9 Å². The van der Waals surface area contributed by atoms with Crippen molar-refractivity contribution in [2.24, 2.45) is 7.05 Å². The lowest BCUT2D eigenvalue weighted by molar-refractivity contribution is 0.0693. The SMILES string of the molecule is CCN(C(=O)c1cncn1C)C(C)Cc1ccsc1. The van der Waals surface area contributed by atoms with Gasteiger partial charge >= 0.3 is 0 Å². The highest BCUT2D eigenvalue weighted by Gasteiger charge is 2.22.